The van der Waals surface area contributed by atoms with Crippen molar-refractivity contribution in [2.75, 3.05) is 0 Å². The van der Waals surface area contributed by atoms with Gasteiger partial charge in [-0.05, 0) is 41.1 Å². The minimum atomic E-state index is -1.07. The highest BCUT2D eigenvalue weighted by Gasteiger charge is 2.17. The van der Waals surface area contributed by atoms with Crippen LogP contribution in [0.15, 0.2) is 12.1 Å². The number of nitro benzene ring substituents is 1. The van der Waals surface area contributed by atoms with E-state index in [0.29, 0.717) is 0 Å². The monoisotopic (exact) mass is 321 g/mol. The molecule has 80 valence electrons. The second-order valence-electron chi connectivity index (χ2n) is 3.06. The normalized spacial score (nSPS) is 10.0. The van der Waals surface area contributed by atoms with Crippen molar-refractivity contribution < 1.29 is 14.8 Å². The minimum Gasteiger partial charge on any atom is -0.481 e. The van der Waals surface area contributed by atoms with E-state index < -0.39 is 10.9 Å². The molecule has 0 unspecified atom stereocenters. The zero-order chi connectivity index (χ0) is 11.6. The van der Waals surface area contributed by atoms with Crippen LogP contribution in [0.5, 0.6) is 0 Å². The number of halogens is 1. The molecule has 1 rings (SSSR count). The summed E-state index contributed by atoms with van der Waals surface area (Å²) in [6.45, 7) is 1.79. The zero-order valence-corrected chi connectivity index (χ0v) is 10.0. The van der Waals surface area contributed by atoms with Crippen LogP contribution in [0, 0.1) is 20.6 Å². The number of carboxylic acid groups (broad SMARTS) is 1. The first-order valence-electron chi connectivity index (χ1n) is 4.07. The van der Waals surface area contributed by atoms with Crippen molar-refractivity contribution in [1.82, 2.24) is 0 Å². The van der Waals surface area contributed by atoms with Gasteiger partial charge in [0.05, 0.1) is 11.3 Å². The molecule has 0 aliphatic rings. The van der Waals surface area contributed by atoms with E-state index in [4.69, 9.17) is 5.11 Å². The van der Waals surface area contributed by atoms with Gasteiger partial charge in [-0.1, -0.05) is 0 Å². The summed E-state index contributed by atoms with van der Waals surface area (Å²) in [4.78, 5) is 20.6. The number of rotatable bonds is 3. The van der Waals surface area contributed by atoms with Gasteiger partial charge < -0.3 is 5.11 Å². The smallest absolute Gasteiger partial charge is 0.308 e. The first-order chi connectivity index (χ1) is 6.91. The molecule has 0 aromatic heterocycles. The molecule has 0 spiro atoms. The lowest BCUT2D eigenvalue weighted by Gasteiger charge is -2.03. The molecule has 0 bridgehead atoms. The SMILES string of the molecule is Cc1cc(CC(=O)O)c([N+](=O)[O-])cc1I. The highest BCUT2D eigenvalue weighted by atomic mass is 127. The molecule has 0 saturated carbocycles. The molecule has 0 radical (unpaired) electrons. The summed E-state index contributed by atoms with van der Waals surface area (Å²) < 4.78 is 0.758. The molecular formula is C9H8INO4. The summed E-state index contributed by atoms with van der Waals surface area (Å²) in [5.74, 6) is -1.07. The molecular weight excluding hydrogens is 313 g/mol. The first-order valence-corrected chi connectivity index (χ1v) is 5.15. The van der Waals surface area contributed by atoms with Gasteiger partial charge in [-0.25, -0.2) is 0 Å². The molecule has 1 N–H and O–H groups in total. The number of aliphatic carboxylic acids is 1. The van der Waals surface area contributed by atoms with Crippen LogP contribution in [0.25, 0.3) is 0 Å². The van der Waals surface area contributed by atoms with Gasteiger partial charge >= 0.3 is 5.97 Å². The minimum absolute atomic E-state index is 0.132. The topological polar surface area (TPSA) is 80.4 Å². The van der Waals surface area contributed by atoms with Crippen LogP contribution in [-0.4, -0.2) is 16.0 Å². The molecule has 0 amide bonds. The molecule has 6 heteroatoms. The Morgan fingerprint density at radius 2 is 2.20 bits per heavy atom. The fourth-order valence-corrected chi connectivity index (χ4v) is 1.66. The number of aryl methyl sites for hydroxylation is 1. The van der Waals surface area contributed by atoms with E-state index >= 15 is 0 Å². The third-order valence-corrected chi connectivity index (χ3v) is 3.06. The standard InChI is InChI=1S/C9H8INO4/c1-5-2-6(3-9(12)13)8(11(14)15)4-7(5)10/h2,4H,3H2,1H3,(H,12,13). The van der Waals surface area contributed by atoms with Gasteiger partial charge in [0.1, 0.15) is 0 Å². The van der Waals surface area contributed by atoms with Crippen LogP contribution in [0.3, 0.4) is 0 Å². The Hall–Kier alpha value is -1.18. The van der Waals surface area contributed by atoms with Crippen LogP contribution < -0.4 is 0 Å². The molecule has 1 aromatic rings. The van der Waals surface area contributed by atoms with Crippen LogP contribution in [0.1, 0.15) is 11.1 Å². The molecule has 0 aliphatic carbocycles. The Kier molecular flexibility index (Phi) is 3.61. The summed E-state index contributed by atoms with van der Waals surface area (Å²) in [7, 11) is 0. The zero-order valence-electron chi connectivity index (χ0n) is 7.86. The quantitative estimate of drug-likeness (QED) is 0.525. The van der Waals surface area contributed by atoms with Gasteiger partial charge in [0, 0.05) is 15.2 Å². The summed E-state index contributed by atoms with van der Waals surface area (Å²) in [6.07, 6.45) is -0.325. The summed E-state index contributed by atoms with van der Waals surface area (Å²) in [5, 5.41) is 19.3. The van der Waals surface area contributed by atoms with Crippen molar-refractivity contribution in [2.45, 2.75) is 13.3 Å². The fraction of sp³-hybridized carbons (Fsp3) is 0.222. The second kappa shape index (κ2) is 4.56. The summed E-state index contributed by atoms with van der Waals surface area (Å²) in [5.41, 5.74) is 0.954. The molecule has 5 nitrogen and oxygen atoms in total. The number of nitro groups is 1. The van der Waals surface area contributed by atoms with Gasteiger partial charge in [0.25, 0.3) is 5.69 Å². The number of nitrogens with zero attached hydrogens (tertiary/aromatic N) is 1. The number of carbonyl (C=O) groups is 1. The first kappa shape index (κ1) is 11.9. The van der Waals surface area contributed by atoms with E-state index in [2.05, 4.69) is 0 Å². The molecule has 0 aliphatic heterocycles. The van der Waals surface area contributed by atoms with Crippen LogP contribution in [-0.2, 0) is 11.2 Å². The Bertz CT molecular complexity index is 430. The lowest BCUT2D eigenvalue weighted by molar-refractivity contribution is -0.385. The maximum Gasteiger partial charge on any atom is 0.308 e. The van der Waals surface area contributed by atoms with Crippen LogP contribution in [0.4, 0.5) is 5.69 Å². The van der Waals surface area contributed by atoms with Crippen molar-refractivity contribution in [1.29, 1.82) is 0 Å². The maximum atomic E-state index is 10.7. The van der Waals surface area contributed by atoms with Gasteiger partial charge in [-0.3, -0.25) is 14.9 Å². The largest absolute Gasteiger partial charge is 0.481 e. The van der Waals surface area contributed by atoms with Crippen LogP contribution in [0.2, 0.25) is 0 Å². The average Bonchev–Trinajstić information content (AvgIpc) is 2.09. The summed E-state index contributed by atoms with van der Waals surface area (Å²) >= 11 is 1.98. The number of hydrogen-bond donors (Lipinski definition) is 1. The maximum absolute atomic E-state index is 10.7. The van der Waals surface area contributed by atoms with E-state index in [1.54, 1.807) is 13.0 Å². The van der Waals surface area contributed by atoms with Crippen molar-refractivity contribution >= 4 is 34.2 Å². The van der Waals surface area contributed by atoms with Crippen LogP contribution >= 0.6 is 22.6 Å². The van der Waals surface area contributed by atoms with Gasteiger partial charge in [0.2, 0.25) is 0 Å². The molecule has 0 atom stereocenters. The molecule has 0 heterocycles. The number of hydrogen-bond acceptors (Lipinski definition) is 3. The highest BCUT2D eigenvalue weighted by Crippen LogP contribution is 2.24. The Balaban J connectivity index is 3.28. The third kappa shape index (κ3) is 2.88. The molecule has 0 fully saturated rings. The molecule has 15 heavy (non-hydrogen) atoms. The van der Waals surface area contributed by atoms with Crippen molar-refractivity contribution in [3.8, 4) is 0 Å². The van der Waals surface area contributed by atoms with Crippen molar-refractivity contribution in [3.63, 3.8) is 0 Å². The van der Waals surface area contributed by atoms with E-state index in [1.807, 2.05) is 22.6 Å². The van der Waals surface area contributed by atoms with Gasteiger partial charge in [0.15, 0.2) is 0 Å². The average molecular weight is 321 g/mol. The second-order valence-corrected chi connectivity index (χ2v) is 4.22. The van der Waals surface area contributed by atoms with Crippen molar-refractivity contribution in [3.05, 3.63) is 36.9 Å². The van der Waals surface area contributed by atoms with Gasteiger partial charge in [-0.15, -0.1) is 0 Å². The fourth-order valence-electron chi connectivity index (χ4n) is 1.21. The predicted molar refractivity (Wildman–Crippen MR) is 61.9 cm³/mol. The summed E-state index contributed by atoms with van der Waals surface area (Å²) in [6, 6.07) is 2.95. The lowest BCUT2D eigenvalue weighted by Crippen LogP contribution is -2.04. The molecule has 1 aromatic carbocycles. The Morgan fingerprint density at radius 1 is 1.60 bits per heavy atom. The number of carboxylic acids is 1. The van der Waals surface area contributed by atoms with E-state index in [0.717, 1.165) is 9.13 Å². The van der Waals surface area contributed by atoms with E-state index in [9.17, 15) is 14.9 Å². The number of benzene rings is 1. The van der Waals surface area contributed by atoms with Crippen molar-refractivity contribution in [2.24, 2.45) is 0 Å². The Morgan fingerprint density at radius 3 is 2.67 bits per heavy atom. The Labute approximate surface area is 99.4 Å². The third-order valence-electron chi connectivity index (χ3n) is 1.90. The van der Waals surface area contributed by atoms with E-state index in [-0.39, 0.29) is 17.7 Å². The van der Waals surface area contributed by atoms with E-state index in [1.165, 1.54) is 6.07 Å². The highest BCUT2D eigenvalue weighted by molar-refractivity contribution is 14.1. The molecule has 0 saturated heterocycles. The van der Waals surface area contributed by atoms with Gasteiger partial charge in [-0.2, -0.15) is 0 Å². The lowest BCUT2D eigenvalue weighted by atomic mass is 10.1. The predicted octanol–water partition coefficient (Wildman–Crippen LogP) is 2.13.